The van der Waals surface area contributed by atoms with Crippen molar-refractivity contribution >= 4 is 46.3 Å². The number of thioether (sulfide) groups is 1. The number of aromatic hydroxyl groups is 1. The molecule has 2 N–H and O–H groups in total. The summed E-state index contributed by atoms with van der Waals surface area (Å²) in [5, 5.41) is 23.5. The van der Waals surface area contributed by atoms with Gasteiger partial charge in [0.25, 0.3) is 16.8 Å². The lowest BCUT2D eigenvalue weighted by atomic mass is 10.1. The highest BCUT2D eigenvalue weighted by molar-refractivity contribution is 8.18. The van der Waals surface area contributed by atoms with Crippen LogP contribution in [0.5, 0.6) is 11.5 Å². The fourth-order valence-electron chi connectivity index (χ4n) is 2.94. The Morgan fingerprint density at radius 1 is 1.31 bits per heavy atom. The Morgan fingerprint density at radius 3 is 2.72 bits per heavy atom. The smallest absolute Gasteiger partial charge is 0.294 e. The van der Waals surface area contributed by atoms with Crippen LogP contribution in [0.15, 0.2) is 41.3 Å². The molecule has 2 aromatic carbocycles. The zero-order valence-electron chi connectivity index (χ0n) is 17.2. The fraction of sp³-hybridized carbons (Fsp3) is 0.190. The maximum absolute atomic E-state index is 12.7. The van der Waals surface area contributed by atoms with E-state index in [-0.39, 0.29) is 28.5 Å². The van der Waals surface area contributed by atoms with Crippen molar-refractivity contribution < 1.29 is 29.2 Å². The number of non-ortho nitro benzene ring substituents is 1. The molecule has 32 heavy (non-hydrogen) atoms. The van der Waals surface area contributed by atoms with Gasteiger partial charge < -0.3 is 15.2 Å². The van der Waals surface area contributed by atoms with E-state index in [9.17, 15) is 29.6 Å². The number of benzene rings is 2. The van der Waals surface area contributed by atoms with Crippen LogP contribution in [0.25, 0.3) is 6.08 Å². The molecule has 2 aromatic rings. The number of nitro groups is 1. The maximum Gasteiger partial charge on any atom is 0.294 e. The first-order valence-electron chi connectivity index (χ1n) is 9.45. The summed E-state index contributed by atoms with van der Waals surface area (Å²) < 4.78 is 5.21. The van der Waals surface area contributed by atoms with Crippen LogP contribution in [-0.4, -0.2) is 45.1 Å². The summed E-state index contributed by atoms with van der Waals surface area (Å²) in [7, 11) is 0. The van der Waals surface area contributed by atoms with Crippen LogP contribution < -0.4 is 10.1 Å². The van der Waals surface area contributed by atoms with Crippen molar-refractivity contribution in [2.75, 3.05) is 18.5 Å². The maximum atomic E-state index is 12.7. The topological polar surface area (TPSA) is 139 Å². The van der Waals surface area contributed by atoms with Crippen LogP contribution in [-0.2, 0) is 9.59 Å². The second kappa shape index (κ2) is 9.52. The number of hydrogen-bond acceptors (Lipinski definition) is 8. The number of nitro benzene ring substituents is 1. The Labute approximate surface area is 187 Å². The molecule has 0 aliphatic carbocycles. The van der Waals surface area contributed by atoms with E-state index in [4.69, 9.17) is 4.74 Å². The number of phenols is 1. The molecule has 0 aromatic heterocycles. The van der Waals surface area contributed by atoms with Gasteiger partial charge in [0.05, 0.1) is 22.5 Å². The van der Waals surface area contributed by atoms with Gasteiger partial charge in [-0.15, -0.1) is 0 Å². The third-order valence-corrected chi connectivity index (χ3v) is 5.27. The van der Waals surface area contributed by atoms with E-state index in [0.29, 0.717) is 17.4 Å². The van der Waals surface area contributed by atoms with E-state index >= 15 is 0 Å². The first kappa shape index (κ1) is 22.8. The van der Waals surface area contributed by atoms with E-state index in [2.05, 4.69) is 5.32 Å². The first-order chi connectivity index (χ1) is 15.2. The van der Waals surface area contributed by atoms with Crippen molar-refractivity contribution in [2.45, 2.75) is 13.8 Å². The van der Waals surface area contributed by atoms with Crippen molar-refractivity contribution in [2.24, 2.45) is 0 Å². The highest BCUT2D eigenvalue weighted by Gasteiger charge is 2.36. The number of imide groups is 1. The van der Waals surface area contributed by atoms with Crippen LogP contribution in [0.3, 0.4) is 0 Å². The molecule has 1 saturated heterocycles. The fourth-order valence-corrected chi connectivity index (χ4v) is 3.77. The van der Waals surface area contributed by atoms with Crippen molar-refractivity contribution in [3.63, 3.8) is 0 Å². The van der Waals surface area contributed by atoms with Gasteiger partial charge >= 0.3 is 0 Å². The number of amides is 3. The molecular weight excluding hydrogens is 438 g/mol. The van der Waals surface area contributed by atoms with Gasteiger partial charge in [0, 0.05) is 17.3 Å². The molecule has 1 heterocycles. The van der Waals surface area contributed by atoms with Gasteiger partial charge in [0.15, 0.2) is 11.5 Å². The summed E-state index contributed by atoms with van der Waals surface area (Å²) in [5.41, 5.74) is 1.05. The predicted octanol–water partition coefficient (Wildman–Crippen LogP) is 3.68. The molecule has 0 radical (unpaired) electrons. The van der Waals surface area contributed by atoms with Crippen LogP contribution in [0.4, 0.5) is 16.2 Å². The zero-order chi connectivity index (χ0) is 23.4. The minimum absolute atomic E-state index is 0.0580. The van der Waals surface area contributed by atoms with E-state index in [1.807, 2.05) is 13.0 Å². The summed E-state index contributed by atoms with van der Waals surface area (Å²) in [6, 6.07) is 9.17. The number of phenolic OH excluding ortho intramolecular Hbond substituents is 1. The Hall–Kier alpha value is -3.86. The largest absolute Gasteiger partial charge is 0.504 e. The number of ether oxygens (including phenoxy) is 1. The summed E-state index contributed by atoms with van der Waals surface area (Å²) in [6.45, 7) is 3.16. The molecule has 1 aliphatic heterocycles. The SMILES string of the molecule is CCOc1cc([N+](=O)[O-])cc(/C=C2\SC(=O)N(CC(=O)Nc3cccc(C)c3)C2=O)c1O. The predicted molar refractivity (Wildman–Crippen MR) is 118 cm³/mol. The monoisotopic (exact) mass is 457 g/mol. The minimum atomic E-state index is -0.747. The molecular formula is C21H19N3O7S. The molecule has 0 spiro atoms. The summed E-state index contributed by atoms with van der Waals surface area (Å²) in [4.78, 5) is 48.5. The number of carbonyl (C=O) groups is 3. The molecule has 166 valence electrons. The van der Waals surface area contributed by atoms with E-state index < -0.39 is 34.3 Å². The van der Waals surface area contributed by atoms with Crippen LogP contribution in [0.2, 0.25) is 0 Å². The van der Waals surface area contributed by atoms with Crippen molar-refractivity contribution in [1.29, 1.82) is 0 Å². The summed E-state index contributed by atoms with van der Waals surface area (Å²) in [6.07, 6.45) is 1.16. The number of aryl methyl sites for hydroxylation is 1. The lowest BCUT2D eigenvalue weighted by molar-refractivity contribution is -0.385. The Bertz CT molecular complexity index is 1150. The number of anilines is 1. The molecule has 0 saturated carbocycles. The third kappa shape index (κ3) is 5.06. The van der Waals surface area contributed by atoms with Crippen molar-refractivity contribution in [1.82, 2.24) is 4.90 Å². The highest BCUT2D eigenvalue weighted by atomic mass is 32.2. The van der Waals surface area contributed by atoms with Gasteiger partial charge in [-0.05, 0) is 49.4 Å². The number of nitrogens with zero attached hydrogens (tertiary/aromatic N) is 2. The zero-order valence-corrected chi connectivity index (χ0v) is 18.0. The van der Waals surface area contributed by atoms with Gasteiger partial charge in [-0.2, -0.15) is 0 Å². The Morgan fingerprint density at radius 2 is 2.06 bits per heavy atom. The quantitative estimate of drug-likeness (QED) is 0.365. The molecule has 3 rings (SSSR count). The number of hydrogen-bond donors (Lipinski definition) is 2. The molecule has 10 nitrogen and oxygen atoms in total. The van der Waals surface area contributed by atoms with E-state index in [0.717, 1.165) is 28.7 Å². The van der Waals surface area contributed by atoms with E-state index in [1.165, 1.54) is 0 Å². The molecule has 11 heteroatoms. The lowest BCUT2D eigenvalue weighted by Gasteiger charge is -2.12. The number of nitrogens with one attached hydrogen (secondary N) is 1. The molecule has 1 fully saturated rings. The van der Waals surface area contributed by atoms with Crippen LogP contribution >= 0.6 is 11.8 Å². The Kier molecular flexibility index (Phi) is 6.79. The standard InChI is InChI=1S/C21H19N3O7S/c1-3-31-16-10-15(24(29)30)8-13(19(16)26)9-17-20(27)23(21(28)32-17)11-18(25)22-14-6-4-5-12(2)7-14/h4-10,26H,3,11H2,1-2H3,(H,22,25)/b17-9-. The highest BCUT2D eigenvalue weighted by Crippen LogP contribution is 2.39. The van der Waals surface area contributed by atoms with Crippen molar-refractivity contribution in [3.05, 3.63) is 62.5 Å². The number of rotatable bonds is 7. The number of carbonyl (C=O) groups excluding carboxylic acids is 3. The van der Waals surface area contributed by atoms with Gasteiger partial charge in [-0.1, -0.05) is 12.1 Å². The van der Waals surface area contributed by atoms with Crippen molar-refractivity contribution in [3.8, 4) is 11.5 Å². The van der Waals surface area contributed by atoms with Crippen LogP contribution in [0.1, 0.15) is 18.1 Å². The summed E-state index contributed by atoms with van der Waals surface area (Å²) >= 11 is 0.566. The van der Waals surface area contributed by atoms with Gasteiger partial charge in [-0.25, -0.2) is 0 Å². The minimum Gasteiger partial charge on any atom is -0.504 e. The average Bonchev–Trinajstić information content (AvgIpc) is 2.98. The normalized spacial score (nSPS) is 14.7. The molecule has 0 bridgehead atoms. The molecule has 0 atom stereocenters. The van der Waals surface area contributed by atoms with E-state index in [1.54, 1.807) is 25.1 Å². The van der Waals surface area contributed by atoms with Gasteiger partial charge in [0.2, 0.25) is 5.91 Å². The van der Waals surface area contributed by atoms with Crippen LogP contribution in [0, 0.1) is 17.0 Å². The van der Waals surface area contributed by atoms with Gasteiger partial charge in [0.1, 0.15) is 6.54 Å². The molecule has 3 amide bonds. The molecule has 0 unspecified atom stereocenters. The second-order valence-electron chi connectivity index (χ2n) is 6.76. The Balaban J connectivity index is 1.82. The molecule has 1 aliphatic rings. The second-order valence-corrected chi connectivity index (χ2v) is 7.75. The van der Waals surface area contributed by atoms with Gasteiger partial charge in [-0.3, -0.25) is 29.4 Å². The average molecular weight is 457 g/mol. The summed E-state index contributed by atoms with van der Waals surface area (Å²) in [5.74, 6) is -1.83. The third-order valence-electron chi connectivity index (χ3n) is 4.36. The first-order valence-corrected chi connectivity index (χ1v) is 10.3. The lowest BCUT2D eigenvalue weighted by Crippen LogP contribution is -2.36.